The van der Waals surface area contributed by atoms with Gasteiger partial charge in [-0.15, -0.1) is 0 Å². The lowest BCUT2D eigenvalue weighted by molar-refractivity contribution is -0.140. The number of carbonyl (C=O) groups excluding carboxylic acids is 3. The van der Waals surface area contributed by atoms with E-state index in [1.54, 1.807) is 0 Å². The number of benzene rings is 1. The smallest absolute Gasteiger partial charge is 0.245 e. The van der Waals surface area contributed by atoms with Crippen LogP contribution in [0.3, 0.4) is 0 Å². The summed E-state index contributed by atoms with van der Waals surface area (Å²) in [6.45, 7) is 7.43. The molecule has 1 spiro atoms. The fourth-order valence-corrected chi connectivity index (χ4v) is 6.61. The van der Waals surface area contributed by atoms with E-state index in [1.165, 1.54) is 30.4 Å². The lowest BCUT2D eigenvalue weighted by atomic mass is 9.74. The summed E-state index contributed by atoms with van der Waals surface area (Å²) in [4.78, 5) is 41.9. The number of amides is 3. The highest BCUT2D eigenvalue weighted by molar-refractivity contribution is 5.92. The van der Waals surface area contributed by atoms with Crippen LogP contribution < -0.4 is 10.6 Å². The molecule has 3 atom stereocenters. The fraction of sp³-hybridized carbons (Fsp3) is 0.656. The van der Waals surface area contributed by atoms with Crippen LogP contribution in [0.2, 0.25) is 0 Å². The highest BCUT2D eigenvalue weighted by atomic mass is 16.2. The number of nitrogens with zero attached hydrogens (tertiary/aromatic N) is 1. The van der Waals surface area contributed by atoms with Crippen molar-refractivity contribution in [1.82, 2.24) is 15.5 Å². The number of fused-ring (bicyclic) bond motifs is 2. The van der Waals surface area contributed by atoms with E-state index in [1.807, 2.05) is 18.7 Å². The minimum Gasteiger partial charge on any atom is -0.344 e. The van der Waals surface area contributed by atoms with Gasteiger partial charge in [-0.3, -0.25) is 14.4 Å². The summed E-state index contributed by atoms with van der Waals surface area (Å²) in [6, 6.07) is 7.39. The Morgan fingerprint density at radius 3 is 2.42 bits per heavy atom. The van der Waals surface area contributed by atoms with Gasteiger partial charge in [0.2, 0.25) is 17.7 Å². The Kier molecular flexibility index (Phi) is 9.67. The van der Waals surface area contributed by atoms with Crippen molar-refractivity contribution < 1.29 is 14.4 Å². The maximum atomic E-state index is 13.8. The molecule has 0 aromatic heterocycles. The summed E-state index contributed by atoms with van der Waals surface area (Å²) >= 11 is 0. The molecule has 4 rings (SSSR count). The van der Waals surface area contributed by atoms with Gasteiger partial charge >= 0.3 is 0 Å². The molecule has 3 aliphatic rings. The normalized spacial score (nSPS) is 21.0. The molecular weight excluding hydrogens is 474 g/mol. The van der Waals surface area contributed by atoms with Gasteiger partial charge in [0.05, 0.1) is 0 Å². The molecule has 38 heavy (non-hydrogen) atoms. The van der Waals surface area contributed by atoms with Crippen molar-refractivity contribution in [3.63, 3.8) is 0 Å². The molecule has 0 bridgehead atoms. The molecule has 2 aliphatic carbocycles. The summed E-state index contributed by atoms with van der Waals surface area (Å²) in [7, 11) is 0. The summed E-state index contributed by atoms with van der Waals surface area (Å²) in [6.07, 6.45) is 14.8. The third-order valence-corrected chi connectivity index (χ3v) is 9.25. The first kappa shape index (κ1) is 28.4. The van der Waals surface area contributed by atoms with Gasteiger partial charge in [-0.1, -0.05) is 95.7 Å². The maximum absolute atomic E-state index is 13.8. The Bertz CT molecular complexity index is 1000. The second kappa shape index (κ2) is 12.9. The fourth-order valence-electron chi connectivity index (χ4n) is 6.61. The van der Waals surface area contributed by atoms with Crippen LogP contribution in [0.1, 0.15) is 103 Å². The van der Waals surface area contributed by atoms with Gasteiger partial charge in [0.15, 0.2) is 0 Å². The Morgan fingerprint density at radius 1 is 1.03 bits per heavy atom. The Hall–Kier alpha value is -2.63. The third kappa shape index (κ3) is 6.50. The van der Waals surface area contributed by atoms with Crippen LogP contribution in [0.25, 0.3) is 6.08 Å². The van der Waals surface area contributed by atoms with E-state index in [0.717, 1.165) is 38.5 Å². The first-order chi connectivity index (χ1) is 18.4. The molecular formula is C32H47N3O3. The molecule has 208 valence electrons. The third-order valence-electron chi connectivity index (χ3n) is 9.25. The molecule has 6 nitrogen and oxygen atoms in total. The lowest BCUT2D eigenvalue weighted by Gasteiger charge is -2.41. The van der Waals surface area contributed by atoms with Gasteiger partial charge in [-0.2, -0.15) is 0 Å². The molecule has 1 saturated heterocycles. The molecule has 2 fully saturated rings. The molecule has 1 heterocycles. The number of allylic oxidation sites excluding steroid dienone is 1. The topological polar surface area (TPSA) is 78.5 Å². The van der Waals surface area contributed by atoms with Crippen LogP contribution in [-0.4, -0.2) is 47.8 Å². The number of hydrogen-bond donors (Lipinski definition) is 2. The van der Waals surface area contributed by atoms with E-state index in [-0.39, 0.29) is 29.1 Å². The van der Waals surface area contributed by atoms with Crippen LogP contribution >= 0.6 is 0 Å². The molecule has 1 aromatic carbocycles. The van der Waals surface area contributed by atoms with E-state index < -0.39 is 12.1 Å². The zero-order valence-corrected chi connectivity index (χ0v) is 23.6. The van der Waals surface area contributed by atoms with Crippen LogP contribution in [0.5, 0.6) is 0 Å². The molecule has 1 aromatic rings. The number of likely N-dealkylation sites (tertiary alicyclic amines) is 1. The molecule has 0 unspecified atom stereocenters. The van der Waals surface area contributed by atoms with Crippen molar-refractivity contribution in [3.8, 4) is 0 Å². The Labute approximate surface area is 229 Å². The van der Waals surface area contributed by atoms with Crippen molar-refractivity contribution in [1.29, 1.82) is 0 Å². The van der Waals surface area contributed by atoms with Crippen molar-refractivity contribution in [2.75, 3.05) is 13.1 Å². The van der Waals surface area contributed by atoms with Crippen molar-refractivity contribution in [3.05, 3.63) is 41.5 Å². The molecule has 1 aliphatic heterocycles. The predicted octanol–water partition coefficient (Wildman–Crippen LogP) is 5.36. The van der Waals surface area contributed by atoms with E-state index in [2.05, 4.69) is 54.0 Å². The first-order valence-electron chi connectivity index (χ1n) is 15.0. The summed E-state index contributed by atoms with van der Waals surface area (Å²) < 4.78 is 0. The quantitative estimate of drug-likeness (QED) is 0.435. The predicted molar refractivity (Wildman–Crippen MR) is 152 cm³/mol. The number of rotatable bonds is 10. The van der Waals surface area contributed by atoms with Gasteiger partial charge in [-0.25, -0.2) is 0 Å². The van der Waals surface area contributed by atoms with E-state index in [4.69, 9.17) is 0 Å². The lowest BCUT2D eigenvalue weighted by Crippen LogP contribution is -2.58. The van der Waals surface area contributed by atoms with Crippen LogP contribution in [0, 0.1) is 11.8 Å². The van der Waals surface area contributed by atoms with Gasteiger partial charge in [0, 0.05) is 24.9 Å². The van der Waals surface area contributed by atoms with Crippen molar-refractivity contribution >= 4 is 23.8 Å². The van der Waals surface area contributed by atoms with E-state index >= 15 is 0 Å². The minimum atomic E-state index is -0.582. The highest BCUT2D eigenvalue weighted by Crippen LogP contribution is 2.43. The average molecular weight is 522 g/mol. The zero-order valence-electron chi connectivity index (χ0n) is 23.6. The van der Waals surface area contributed by atoms with Crippen LogP contribution in [-0.2, 0) is 19.8 Å². The number of carbonyl (C=O) groups is 3. The van der Waals surface area contributed by atoms with Crippen LogP contribution in [0.4, 0.5) is 0 Å². The first-order valence-corrected chi connectivity index (χ1v) is 15.0. The summed E-state index contributed by atoms with van der Waals surface area (Å²) in [5.41, 5.74) is 2.66. The SMILES string of the molecule is CCCC(=O)N[C@@H](CC1CCCCC1)C(=O)N[C@H](C(=O)N1CCC2(C=Cc3ccccc32)CC1)[C@@H](C)CC. The second-order valence-electron chi connectivity index (χ2n) is 11.9. The van der Waals surface area contributed by atoms with E-state index in [0.29, 0.717) is 31.8 Å². The molecule has 3 amide bonds. The summed E-state index contributed by atoms with van der Waals surface area (Å²) in [5, 5.41) is 6.12. The largest absolute Gasteiger partial charge is 0.344 e. The molecule has 0 radical (unpaired) electrons. The number of nitrogens with one attached hydrogen (secondary N) is 2. The maximum Gasteiger partial charge on any atom is 0.245 e. The molecule has 6 heteroatoms. The van der Waals surface area contributed by atoms with Crippen LogP contribution in [0.15, 0.2) is 30.3 Å². The van der Waals surface area contributed by atoms with Gasteiger partial charge in [0.1, 0.15) is 12.1 Å². The second-order valence-corrected chi connectivity index (χ2v) is 11.9. The monoisotopic (exact) mass is 521 g/mol. The van der Waals surface area contributed by atoms with Gasteiger partial charge in [-0.05, 0) is 48.6 Å². The van der Waals surface area contributed by atoms with E-state index in [9.17, 15) is 14.4 Å². The molecule has 2 N–H and O–H groups in total. The average Bonchev–Trinajstić information content (AvgIpc) is 3.29. The Morgan fingerprint density at radius 2 is 1.74 bits per heavy atom. The van der Waals surface area contributed by atoms with Gasteiger partial charge in [0.25, 0.3) is 0 Å². The Balaban J connectivity index is 1.43. The van der Waals surface area contributed by atoms with Gasteiger partial charge < -0.3 is 15.5 Å². The standard InChI is InChI=1S/C32H47N3O3/c1-4-11-28(36)33-27(22-24-12-7-6-8-13-24)30(37)34-29(23(3)5-2)31(38)35-20-18-32(19-21-35)17-16-25-14-9-10-15-26(25)32/h9-10,14-17,23-24,27,29H,4-8,11-13,18-22H2,1-3H3,(H,33,36)(H,34,37)/t23-,27-,29-/m0/s1. The zero-order chi connectivity index (χ0) is 27.1. The number of hydrogen-bond acceptors (Lipinski definition) is 3. The minimum absolute atomic E-state index is 0.00844. The highest BCUT2D eigenvalue weighted by Gasteiger charge is 2.41. The van der Waals surface area contributed by atoms with Crippen molar-refractivity contribution in [2.45, 2.75) is 109 Å². The molecule has 1 saturated carbocycles. The number of piperidine rings is 1. The van der Waals surface area contributed by atoms with Crippen molar-refractivity contribution in [2.24, 2.45) is 11.8 Å². The summed E-state index contributed by atoms with van der Waals surface area (Å²) in [5.74, 6) is 0.172.